The van der Waals surface area contributed by atoms with E-state index in [0.717, 1.165) is 4.90 Å². The van der Waals surface area contributed by atoms with Crippen molar-refractivity contribution in [1.82, 2.24) is 5.32 Å². The van der Waals surface area contributed by atoms with Gasteiger partial charge in [0.2, 0.25) is 5.91 Å². The van der Waals surface area contributed by atoms with Crippen LogP contribution in [0, 0.1) is 5.92 Å². The van der Waals surface area contributed by atoms with Crippen LogP contribution in [0.3, 0.4) is 0 Å². The van der Waals surface area contributed by atoms with E-state index < -0.39 is 6.10 Å². The number of thioether (sulfide) groups is 1. The lowest BCUT2D eigenvalue weighted by Crippen LogP contribution is -2.33. The molecule has 1 aromatic rings. The summed E-state index contributed by atoms with van der Waals surface area (Å²) in [7, 11) is 0. The molecule has 0 heterocycles. The second-order valence-electron chi connectivity index (χ2n) is 4.95. The van der Waals surface area contributed by atoms with Gasteiger partial charge in [-0.3, -0.25) is 4.79 Å². The molecule has 1 aromatic carbocycles. The normalized spacial score (nSPS) is 12.5. The molecule has 1 amide bonds. The Bertz CT molecular complexity index is 455. The first-order chi connectivity index (χ1) is 9.38. The third-order valence-corrected chi connectivity index (χ3v) is 4.26. The quantitative estimate of drug-likeness (QED) is 0.748. The standard InChI is InChI=1S/C14H19Cl2NO2S/c1-9(2)5-11(18)7-17-14(19)8-20-13-6-10(15)3-4-12(13)16/h3-4,6,9,11,18H,5,7-8H2,1-2H3,(H,17,19). The first-order valence-corrected chi connectivity index (χ1v) is 8.15. The van der Waals surface area contributed by atoms with Gasteiger partial charge < -0.3 is 10.4 Å². The maximum absolute atomic E-state index is 11.7. The second kappa shape index (κ2) is 8.78. The van der Waals surface area contributed by atoms with Crippen molar-refractivity contribution in [3.63, 3.8) is 0 Å². The summed E-state index contributed by atoms with van der Waals surface area (Å²) in [5, 5.41) is 13.5. The van der Waals surface area contributed by atoms with Gasteiger partial charge in [0.25, 0.3) is 0 Å². The molecule has 0 radical (unpaired) electrons. The van der Waals surface area contributed by atoms with Crippen molar-refractivity contribution in [2.24, 2.45) is 5.92 Å². The van der Waals surface area contributed by atoms with Gasteiger partial charge in [-0.15, -0.1) is 11.8 Å². The van der Waals surface area contributed by atoms with Crippen LogP contribution in [0.2, 0.25) is 10.0 Å². The summed E-state index contributed by atoms with van der Waals surface area (Å²) < 4.78 is 0. The molecule has 6 heteroatoms. The van der Waals surface area contributed by atoms with Gasteiger partial charge in [-0.25, -0.2) is 0 Å². The van der Waals surface area contributed by atoms with E-state index in [1.807, 2.05) is 13.8 Å². The molecule has 0 spiro atoms. The van der Waals surface area contributed by atoms with Crippen LogP contribution >= 0.6 is 35.0 Å². The Morgan fingerprint density at radius 1 is 1.40 bits per heavy atom. The van der Waals surface area contributed by atoms with Gasteiger partial charge in [-0.2, -0.15) is 0 Å². The van der Waals surface area contributed by atoms with E-state index in [0.29, 0.717) is 22.4 Å². The van der Waals surface area contributed by atoms with Crippen LogP contribution in [0.25, 0.3) is 0 Å². The van der Waals surface area contributed by atoms with Crippen molar-refractivity contribution >= 4 is 40.9 Å². The molecule has 2 N–H and O–H groups in total. The number of hydrogen-bond acceptors (Lipinski definition) is 3. The summed E-state index contributed by atoms with van der Waals surface area (Å²) in [5.41, 5.74) is 0. The van der Waals surface area contributed by atoms with Crippen molar-refractivity contribution in [3.8, 4) is 0 Å². The minimum absolute atomic E-state index is 0.131. The molecule has 0 aliphatic carbocycles. The number of aliphatic hydroxyl groups is 1. The zero-order valence-corrected chi connectivity index (χ0v) is 13.9. The van der Waals surface area contributed by atoms with Crippen molar-refractivity contribution in [2.75, 3.05) is 12.3 Å². The maximum Gasteiger partial charge on any atom is 0.230 e. The Hall–Kier alpha value is -0.420. The highest BCUT2D eigenvalue weighted by atomic mass is 35.5. The molecular formula is C14H19Cl2NO2S. The zero-order valence-electron chi connectivity index (χ0n) is 11.5. The molecule has 0 saturated heterocycles. The third kappa shape index (κ3) is 6.84. The van der Waals surface area contributed by atoms with E-state index in [-0.39, 0.29) is 18.2 Å². The number of hydrogen-bond donors (Lipinski definition) is 2. The fraction of sp³-hybridized carbons (Fsp3) is 0.500. The fourth-order valence-corrected chi connectivity index (χ4v) is 2.96. The average molecular weight is 336 g/mol. The average Bonchev–Trinajstić information content (AvgIpc) is 2.36. The van der Waals surface area contributed by atoms with E-state index in [4.69, 9.17) is 23.2 Å². The number of benzene rings is 1. The van der Waals surface area contributed by atoms with Gasteiger partial charge in [0.05, 0.1) is 16.9 Å². The van der Waals surface area contributed by atoms with Crippen LogP contribution in [0.5, 0.6) is 0 Å². The van der Waals surface area contributed by atoms with Gasteiger partial charge >= 0.3 is 0 Å². The van der Waals surface area contributed by atoms with Crippen LogP contribution < -0.4 is 5.32 Å². The highest BCUT2D eigenvalue weighted by Crippen LogP contribution is 2.29. The van der Waals surface area contributed by atoms with Crippen LogP contribution in [0.4, 0.5) is 0 Å². The second-order valence-corrected chi connectivity index (χ2v) is 6.81. The van der Waals surface area contributed by atoms with Crippen molar-refractivity contribution in [2.45, 2.75) is 31.3 Å². The van der Waals surface area contributed by atoms with Gasteiger partial charge in [-0.1, -0.05) is 37.0 Å². The fourth-order valence-electron chi connectivity index (χ4n) is 1.64. The Morgan fingerprint density at radius 2 is 2.10 bits per heavy atom. The lowest BCUT2D eigenvalue weighted by Gasteiger charge is -2.13. The van der Waals surface area contributed by atoms with Crippen molar-refractivity contribution in [1.29, 1.82) is 0 Å². The van der Waals surface area contributed by atoms with Gasteiger partial charge in [-0.05, 0) is 30.5 Å². The molecule has 1 unspecified atom stereocenters. The monoisotopic (exact) mass is 335 g/mol. The molecule has 0 bridgehead atoms. The summed E-state index contributed by atoms with van der Waals surface area (Å²) in [6.07, 6.45) is 0.173. The predicted molar refractivity (Wildman–Crippen MR) is 85.7 cm³/mol. The van der Waals surface area contributed by atoms with Crippen LogP contribution in [0.1, 0.15) is 20.3 Å². The third-order valence-electron chi connectivity index (χ3n) is 2.53. The molecule has 1 atom stereocenters. The van der Waals surface area contributed by atoms with Crippen molar-refractivity contribution < 1.29 is 9.90 Å². The number of aliphatic hydroxyl groups excluding tert-OH is 1. The van der Waals surface area contributed by atoms with E-state index in [9.17, 15) is 9.90 Å². The number of nitrogens with one attached hydrogen (secondary N) is 1. The van der Waals surface area contributed by atoms with E-state index in [1.54, 1.807) is 18.2 Å². The van der Waals surface area contributed by atoms with Gasteiger partial charge in [0.15, 0.2) is 0 Å². The number of carbonyl (C=O) groups is 1. The topological polar surface area (TPSA) is 49.3 Å². The highest BCUT2D eigenvalue weighted by molar-refractivity contribution is 8.00. The predicted octanol–water partition coefficient (Wildman–Crippen LogP) is 3.61. The van der Waals surface area contributed by atoms with E-state index in [2.05, 4.69) is 5.32 Å². The van der Waals surface area contributed by atoms with Crippen LogP contribution in [-0.2, 0) is 4.79 Å². The smallest absolute Gasteiger partial charge is 0.230 e. The van der Waals surface area contributed by atoms with Crippen molar-refractivity contribution in [3.05, 3.63) is 28.2 Å². The SMILES string of the molecule is CC(C)CC(O)CNC(=O)CSc1cc(Cl)ccc1Cl. The van der Waals surface area contributed by atoms with Crippen LogP contribution in [0.15, 0.2) is 23.1 Å². The number of carbonyl (C=O) groups excluding carboxylic acids is 1. The lowest BCUT2D eigenvalue weighted by molar-refractivity contribution is -0.119. The molecule has 1 rings (SSSR count). The van der Waals surface area contributed by atoms with Gasteiger partial charge in [0.1, 0.15) is 0 Å². The maximum atomic E-state index is 11.7. The first-order valence-electron chi connectivity index (χ1n) is 6.41. The molecule has 20 heavy (non-hydrogen) atoms. The van der Waals surface area contributed by atoms with Gasteiger partial charge in [0, 0.05) is 16.5 Å². The molecule has 0 saturated carbocycles. The number of amides is 1. The largest absolute Gasteiger partial charge is 0.391 e. The Labute approximate surface area is 134 Å². The summed E-state index contributed by atoms with van der Waals surface area (Å²) in [5.74, 6) is 0.518. The number of halogens is 2. The summed E-state index contributed by atoms with van der Waals surface area (Å²) in [6, 6.07) is 5.14. The molecule has 0 aliphatic rings. The Kier molecular flexibility index (Phi) is 7.74. The Morgan fingerprint density at radius 3 is 2.75 bits per heavy atom. The molecule has 0 aliphatic heterocycles. The van der Waals surface area contributed by atoms with E-state index >= 15 is 0 Å². The Balaban J connectivity index is 2.34. The summed E-state index contributed by atoms with van der Waals surface area (Å²) >= 11 is 13.2. The van der Waals surface area contributed by atoms with Crippen LogP contribution in [-0.4, -0.2) is 29.4 Å². The highest BCUT2D eigenvalue weighted by Gasteiger charge is 2.10. The molecule has 112 valence electrons. The molecule has 3 nitrogen and oxygen atoms in total. The molecular weight excluding hydrogens is 317 g/mol. The lowest BCUT2D eigenvalue weighted by atomic mass is 10.1. The molecule has 0 fully saturated rings. The molecule has 0 aromatic heterocycles. The number of rotatable bonds is 7. The summed E-state index contributed by atoms with van der Waals surface area (Å²) in [6.45, 7) is 4.34. The zero-order chi connectivity index (χ0) is 15.1. The van der Waals surface area contributed by atoms with E-state index in [1.165, 1.54) is 11.8 Å². The minimum Gasteiger partial charge on any atom is -0.391 e. The summed E-state index contributed by atoms with van der Waals surface area (Å²) in [4.78, 5) is 12.5. The first kappa shape index (κ1) is 17.6. The minimum atomic E-state index is -0.501.